The van der Waals surface area contributed by atoms with Gasteiger partial charge in [-0.15, -0.1) is 11.3 Å². The van der Waals surface area contributed by atoms with Crippen LogP contribution >= 0.6 is 11.3 Å². The SMILES string of the molecule is CCc1ccc(COc2ccccc2CC(C)N)s1. The fourth-order valence-corrected chi connectivity index (χ4v) is 2.87. The molecule has 0 aliphatic carbocycles. The minimum atomic E-state index is 0.151. The number of benzene rings is 1. The second-order valence-electron chi connectivity index (χ2n) is 4.80. The number of aryl methyl sites for hydroxylation is 1. The molecule has 0 bridgehead atoms. The van der Waals surface area contributed by atoms with Crippen LogP contribution in [0.1, 0.15) is 29.2 Å². The fraction of sp³-hybridized carbons (Fsp3) is 0.375. The summed E-state index contributed by atoms with van der Waals surface area (Å²) < 4.78 is 5.94. The number of rotatable bonds is 6. The fourth-order valence-electron chi connectivity index (χ4n) is 2.00. The summed E-state index contributed by atoms with van der Waals surface area (Å²) in [5, 5.41) is 0. The first-order valence-electron chi connectivity index (χ1n) is 6.73. The molecule has 0 saturated heterocycles. The van der Waals surface area contributed by atoms with Gasteiger partial charge in [-0.25, -0.2) is 0 Å². The van der Waals surface area contributed by atoms with Crippen LogP contribution in [-0.2, 0) is 19.4 Å². The molecule has 2 rings (SSSR count). The molecule has 0 radical (unpaired) electrons. The van der Waals surface area contributed by atoms with Crippen LogP contribution < -0.4 is 10.5 Å². The number of ether oxygens (including phenoxy) is 1. The van der Waals surface area contributed by atoms with E-state index in [2.05, 4.69) is 25.1 Å². The van der Waals surface area contributed by atoms with Crippen molar-refractivity contribution in [3.05, 3.63) is 51.7 Å². The molecule has 2 N–H and O–H groups in total. The molecule has 2 aromatic rings. The summed E-state index contributed by atoms with van der Waals surface area (Å²) in [6, 6.07) is 12.6. The Kier molecular flexibility index (Phi) is 5.00. The molecule has 3 heteroatoms. The van der Waals surface area contributed by atoms with Gasteiger partial charge in [0.1, 0.15) is 12.4 Å². The molecule has 1 aromatic heterocycles. The van der Waals surface area contributed by atoms with Gasteiger partial charge >= 0.3 is 0 Å². The standard InChI is InChI=1S/C16H21NOS/c1-3-14-8-9-15(19-14)11-18-16-7-5-4-6-13(16)10-12(2)17/h4-9,12H,3,10-11,17H2,1-2H3. The van der Waals surface area contributed by atoms with Crippen molar-refractivity contribution in [2.75, 3.05) is 0 Å². The van der Waals surface area contributed by atoms with Crippen molar-refractivity contribution in [1.29, 1.82) is 0 Å². The molecule has 0 saturated carbocycles. The Balaban J connectivity index is 2.02. The average Bonchev–Trinajstić information content (AvgIpc) is 2.85. The molecule has 19 heavy (non-hydrogen) atoms. The molecule has 1 atom stereocenters. The van der Waals surface area contributed by atoms with Gasteiger partial charge in [0.05, 0.1) is 0 Å². The zero-order chi connectivity index (χ0) is 13.7. The van der Waals surface area contributed by atoms with Crippen molar-refractivity contribution in [2.45, 2.75) is 39.3 Å². The van der Waals surface area contributed by atoms with Gasteiger partial charge in [0, 0.05) is 15.8 Å². The molecule has 0 aliphatic heterocycles. The molecular formula is C16H21NOS. The van der Waals surface area contributed by atoms with E-state index in [4.69, 9.17) is 10.5 Å². The zero-order valence-corrected chi connectivity index (χ0v) is 12.4. The summed E-state index contributed by atoms with van der Waals surface area (Å²) in [5.74, 6) is 0.950. The zero-order valence-electron chi connectivity index (χ0n) is 11.6. The molecule has 0 amide bonds. The molecule has 1 unspecified atom stereocenters. The number of hydrogen-bond acceptors (Lipinski definition) is 3. The Morgan fingerprint density at radius 1 is 1.16 bits per heavy atom. The van der Waals surface area contributed by atoms with Crippen LogP contribution in [0.4, 0.5) is 0 Å². The van der Waals surface area contributed by atoms with E-state index in [-0.39, 0.29) is 6.04 Å². The van der Waals surface area contributed by atoms with Crippen LogP contribution in [-0.4, -0.2) is 6.04 Å². The molecule has 102 valence electrons. The summed E-state index contributed by atoms with van der Waals surface area (Å²) in [4.78, 5) is 2.68. The van der Waals surface area contributed by atoms with Crippen LogP contribution in [0.15, 0.2) is 36.4 Å². The number of para-hydroxylation sites is 1. The van der Waals surface area contributed by atoms with Crippen LogP contribution in [0.5, 0.6) is 5.75 Å². The largest absolute Gasteiger partial charge is 0.488 e. The number of nitrogens with two attached hydrogens (primary N) is 1. The first kappa shape index (κ1) is 14.1. The van der Waals surface area contributed by atoms with Crippen molar-refractivity contribution < 1.29 is 4.74 Å². The van der Waals surface area contributed by atoms with E-state index in [9.17, 15) is 0 Å². The summed E-state index contributed by atoms with van der Waals surface area (Å²) in [5.41, 5.74) is 7.05. The van der Waals surface area contributed by atoms with Gasteiger partial charge in [-0.05, 0) is 43.5 Å². The minimum Gasteiger partial charge on any atom is -0.488 e. The van der Waals surface area contributed by atoms with E-state index in [1.54, 1.807) is 0 Å². The van der Waals surface area contributed by atoms with Gasteiger partial charge in [0.15, 0.2) is 0 Å². The minimum absolute atomic E-state index is 0.151. The van der Waals surface area contributed by atoms with Crippen molar-refractivity contribution >= 4 is 11.3 Å². The second-order valence-corrected chi connectivity index (χ2v) is 6.05. The Hall–Kier alpha value is -1.32. The van der Waals surface area contributed by atoms with Crippen molar-refractivity contribution in [1.82, 2.24) is 0 Å². The predicted molar refractivity (Wildman–Crippen MR) is 81.8 cm³/mol. The first-order chi connectivity index (χ1) is 9.19. The van der Waals surface area contributed by atoms with Crippen molar-refractivity contribution in [3.8, 4) is 5.75 Å². The highest BCUT2D eigenvalue weighted by Gasteiger charge is 2.06. The quantitative estimate of drug-likeness (QED) is 0.870. The highest BCUT2D eigenvalue weighted by Crippen LogP contribution is 2.23. The van der Waals surface area contributed by atoms with Crippen LogP contribution in [0.3, 0.4) is 0 Å². The predicted octanol–water partition coefficient (Wildman–Crippen LogP) is 3.78. The number of thiophene rings is 1. The topological polar surface area (TPSA) is 35.2 Å². The van der Waals surface area contributed by atoms with Gasteiger partial charge < -0.3 is 10.5 Å². The molecular weight excluding hydrogens is 254 g/mol. The van der Waals surface area contributed by atoms with E-state index < -0.39 is 0 Å². The second kappa shape index (κ2) is 6.73. The smallest absolute Gasteiger partial charge is 0.123 e. The maximum Gasteiger partial charge on any atom is 0.123 e. The summed E-state index contributed by atoms with van der Waals surface area (Å²) in [7, 11) is 0. The first-order valence-corrected chi connectivity index (χ1v) is 7.54. The Morgan fingerprint density at radius 3 is 2.58 bits per heavy atom. The summed E-state index contributed by atoms with van der Waals surface area (Å²) in [6.07, 6.45) is 1.94. The molecule has 0 aliphatic rings. The van der Waals surface area contributed by atoms with E-state index in [0.717, 1.165) is 18.6 Å². The lowest BCUT2D eigenvalue weighted by Gasteiger charge is -2.12. The van der Waals surface area contributed by atoms with E-state index in [1.165, 1.54) is 15.3 Å². The third-order valence-corrected chi connectivity index (χ3v) is 4.15. The third kappa shape index (κ3) is 4.08. The van der Waals surface area contributed by atoms with E-state index in [1.807, 2.05) is 36.5 Å². The summed E-state index contributed by atoms with van der Waals surface area (Å²) >= 11 is 1.82. The van der Waals surface area contributed by atoms with Gasteiger partial charge in [-0.3, -0.25) is 0 Å². The van der Waals surface area contributed by atoms with Gasteiger partial charge in [-0.1, -0.05) is 25.1 Å². The average molecular weight is 275 g/mol. The van der Waals surface area contributed by atoms with Gasteiger partial charge in [0.25, 0.3) is 0 Å². The Labute approximate surface area is 119 Å². The van der Waals surface area contributed by atoms with Crippen LogP contribution in [0, 0.1) is 0 Å². The maximum absolute atomic E-state index is 5.94. The van der Waals surface area contributed by atoms with Gasteiger partial charge in [-0.2, -0.15) is 0 Å². The van der Waals surface area contributed by atoms with Crippen molar-refractivity contribution in [2.24, 2.45) is 5.73 Å². The molecule has 1 heterocycles. The van der Waals surface area contributed by atoms with Crippen molar-refractivity contribution in [3.63, 3.8) is 0 Å². The molecule has 0 fully saturated rings. The molecule has 1 aromatic carbocycles. The van der Waals surface area contributed by atoms with Crippen LogP contribution in [0.25, 0.3) is 0 Å². The monoisotopic (exact) mass is 275 g/mol. The lowest BCUT2D eigenvalue weighted by molar-refractivity contribution is 0.306. The lowest BCUT2D eigenvalue weighted by Crippen LogP contribution is -2.18. The maximum atomic E-state index is 5.94. The summed E-state index contributed by atoms with van der Waals surface area (Å²) in [6.45, 7) is 4.83. The van der Waals surface area contributed by atoms with E-state index in [0.29, 0.717) is 6.61 Å². The third-order valence-electron chi connectivity index (χ3n) is 2.95. The Bertz CT molecular complexity index is 519. The lowest BCUT2D eigenvalue weighted by atomic mass is 10.1. The highest BCUT2D eigenvalue weighted by atomic mass is 32.1. The molecule has 0 spiro atoms. The highest BCUT2D eigenvalue weighted by molar-refractivity contribution is 7.11. The van der Waals surface area contributed by atoms with Crippen LogP contribution in [0.2, 0.25) is 0 Å². The van der Waals surface area contributed by atoms with E-state index >= 15 is 0 Å². The Morgan fingerprint density at radius 2 is 1.89 bits per heavy atom. The normalized spacial score (nSPS) is 12.4. The van der Waals surface area contributed by atoms with Gasteiger partial charge in [0.2, 0.25) is 0 Å². The molecule has 2 nitrogen and oxygen atoms in total. The number of hydrogen-bond donors (Lipinski definition) is 1.